The lowest BCUT2D eigenvalue weighted by atomic mass is 9.57. The number of hydrogen-bond acceptors (Lipinski definition) is 6. The second-order valence-electron chi connectivity index (χ2n) is 11.6. The first-order chi connectivity index (χ1) is 19.0. The summed E-state index contributed by atoms with van der Waals surface area (Å²) >= 11 is 6.30. The van der Waals surface area contributed by atoms with Gasteiger partial charge in [-0.2, -0.15) is 0 Å². The largest absolute Gasteiger partial charge is 0.573 e. The third-order valence-corrected chi connectivity index (χ3v) is 8.69. The van der Waals surface area contributed by atoms with Gasteiger partial charge in [-0.15, -0.1) is 23.4 Å². The van der Waals surface area contributed by atoms with Gasteiger partial charge in [-0.3, -0.25) is 9.47 Å². The number of hydrogen-bond donors (Lipinski definition) is 0. The fraction of sp³-hybridized carbons (Fsp3) is 0.519. The van der Waals surface area contributed by atoms with E-state index < -0.39 is 18.2 Å². The van der Waals surface area contributed by atoms with Gasteiger partial charge in [0.05, 0.1) is 18.8 Å². The Kier molecular flexibility index (Phi) is 5.84. The molecule has 7 nitrogen and oxygen atoms in total. The zero-order valence-electron chi connectivity index (χ0n) is 21.3. The van der Waals surface area contributed by atoms with Crippen molar-refractivity contribution in [3.8, 4) is 11.4 Å². The molecule has 0 unspecified atom stereocenters. The van der Waals surface area contributed by atoms with Crippen LogP contribution in [-0.4, -0.2) is 56.6 Å². The van der Waals surface area contributed by atoms with Crippen molar-refractivity contribution in [3.63, 3.8) is 0 Å². The van der Waals surface area contributed by atoms with Crippen molar-refractivity contribution in [2.24, 2.45) is 11.3 Å². The van der Waals surface area contributed by atoms with Gasteiger partial charge in [-0.25, -0.2) is 13.8 Å². The van der Waals surface area contributed by atoms with Crippen molar-refractivity contribution in [2.75, 3.05) is 24.5 Å². The van der Waals surface area contributed by atoms with Crippen molar-refractivity contribution in [1.29, 1.82) is 0 Å². The summed E-state index contributed by atoms with van der Waals surface area (Å²) in [5.41, 5.74) is 1.63. The van der Waals surface area contributed by atoms with E-state index in [1.807, 2.05) is 16.7 Å². The predicted octanol–water partition coefficient (Wildman–Crippen LogP) is 5.96. The minimum absolute atomic E-state index is 0.0595. The second kappa shape index (κ2) is 9.01. The first-order valence-electron chi connectivity index (χ1n) is 13.3. The number of pyridine rings is 1. The molecule has 212 valence electrons. The monoisotopic (exact) mass is 580 g/mol. The van der Waals surface area contributed by atoms with E-state index in [1.54, 1.807) is 15.9 Å². The van der Waals surface area contributed by atoms with E-state index in [-0.39, 0.29) is 36.0 Å². The molecule has 2 aromatic heterocycles. The molecule has 2 aliphatic heterocycles. The van der Waals surface area contributed by atoms with E-state index in [0.717, 1.165) is 29.9 Å². The van der Waals surface area contributed by atoms with Gasteiger partial charge in [0.25, 0.3) is 5.92 Å². The van der Waals surface area contributed by atoms with Crippen molar-refractivity contribution >= 4 is 17.4 Å². The maximum Gasteiger partial charge on any atom is 0.573 e. The second-order valence-corrected chi connectivity index (χ2v) is 12.0. The Hall–Kier alpha value is -2.99. The molecule has 0 amide bonds. The van der Waals surface area contributed by atoms with Gasteiger partial charge in [0.15, 0.2) is 17.4 Å². The van der Waals surface area contributed by atoms with Gasteiger partial charge in [-0.05, 0) is 61.6 Å². The topological polar surface area (TPSA) is 59.3 Å². The first kappa shape index (κ1) is 25.9. The highest BCUT2D eigenvalue weighted by atomic mass is 35.5. The maximum absolute atomic E-state index is 14.8. The Balaban J connectivity index is 1.10. The molecular weight excluding hydrogens is 555 g/mol. The summed E-state index contributed by atoms with van der Waals surface area (Å²) in [6.45, 7) is 1.35. The van der Waals surface area contributed by atoms with Gasteiger partial charge >= 0.3 is 6.36 Å². The van der Waals surface area contributed by atoms with Crippen molar-refractivity contribution in [1.82, 2.24) is 24.6 Å². The molecule has 3 aromatic rings. The third-order valence-electron chi connectivity index (χ3n) is 8.46. The zero-order valence-corrected chi connectivity index (χ0v) is 22.1. The molecule has 13 heteroatoms. The number of benzene rings is 1. The van der Waals surface area contributed by atoms with Gasteiger partial charge in [-0.1, -0.05) is 11.6 Å². The molecule has 7 rings (SSSR count). The van der Waals surface area contributed by atoms with Crippen LogP contribution in [-0.2, 0) is 13.1 Å². The Morgan fingerprint density at radius 1 is 1.02 bits per heavy atom. The van der Waals surface area contributed by atoms with Crippen LogP contribution in [0, 0.1) is 11.3 Å². The van der Waals surface area contributed by atoms with Crippen LogP contribution in [0.15, 0.2) is 36.5 Å². The van der Waals surface area contributed by atoms with E-state index >= 15 is 0 Å². The summed E-state index contributed by atoms with van der Waals surface area (Å²) in [4.78, 5) is 7.66. The first-order valence-corrected chi connectivity index (χ1v) is 13.7. The molecule has 1 aromatic carbocycles. The number of nitrogens with zero attached hydrogens (tertiary/aromatic N) is 6. The summed E-state index contributed by atoms with van der Waals surface area (Å²) in [5.74, 6) is -1.97. The summed E-state index contributed by atoms with van der Waals surface area (Å²) in [6, 6.07) is 8.16. The Morgan fingerprint density at radius 2 is 1.80 bits per heavy atom. The van der Waals surface area contributed by atoms with E-state index in [1.165, 1.54) is 18.3 Å². The van der Waals surface area contributed by atoms with Gasteiger partial charge in [0.2, 0.25) is 0 Å². The Labute approximate surface area is 231 Å². The summed E-state index contributed by atoms with van der Waals surface area (Å²) in [5, 5.41) is 9.48. The molecule has 1 saturated heterocycles. The lowest BCUT2D eigenvalue weighted by Crippen LogP contribution is -2.62. The summed E-state index contributed by atoms with van der Waals surface area (Å²) in [7, 11) is 0. The minimum atomic E-state index is -4.79. The highest BCUT2D eigenvalue weighted by molar-refractivity contribution is 6.30. The highest BCUT2D eigenvalue weighted by Crippen LogP contribution is 2.57. The molecular formula is C27H26ClF5N6O. The van der Waals surface area contributed by atoms with E-state index in [2.05, 4.69) is 19.9 Å². The average Bonchev–Trinajstić information content (AvgIpc) is 3.62. The van der Waals surface area contributed by atoms with Crippen LogP contribution in [0.2, 0.25) is 5.02 Å². The molecule has 1 spiro atoms. The van der Waals surface area contributed by atoms with Gasteiger partial charge in [0, 0.05) is 48.1 Å². The number of ether oxygens (including phenoxy) is 1. The minimum Gasteiger partial charge on any atom is -0.402 e. The van der Waals surface area contributed by atoms with Crippen LogP contribution < -0.4 is 9.64 Å². The number of alkyl halides is 5. The average molecular weight is 581 g/mol. The van der Waals surface area contributed by atoms with E-state index in [4.69, 9.17) is 11.6 Å². The molecule has 4 heterocycles. The number of anilines is 1. The van der Waals surface area contributed by atoms with Crippen molar-refractivity contribution in [2.45, 2.75) is 57.0 Å². The summed E-state index contributed by atoms with van der Waals surface area (Å²) in [6.07, 6.45) is -0.654. The number of aromatic nitrogens is 4. The SMILES string of the molecule is FC(F)(F)Oc1cccnc1N1CC2(CC(c3nnc4n3-c3ccc(Cl)cc3CN(CC(F)(F)C3CC3)C4)C2)C1. The molecule has 2 aliphatic carbocycles. The number of rotatable bonds is 6. The standard InChI is InChI=1S/C27H26ClF5N6O/c28-19-5-6-20-16(8-19)11-37(15-26(29,30)18-3-4-18)12-22-35-36-23(39(20)22)17-9-25(10-17)13-38(14-25)24-21(2-1-7-34-24)40-27(31,32)33/h1-2,5-8,17-18H,3-4,9-15H2. The maximum atomic E-state index is 14.8. The van der Waals surface area contributed by atoms with Crippen molar-refractivity contribution < 1.29 is 26.7 Å². The van der Waals surface area contributed by atoms with Gasteiger partial charge < -0.3 is 9.64 Å². The molecule has 0 atom stereocenters. The molecule has 0 bridgehead atoms. The predicted molar refractivity (Wildman–Crippen MR) is 136 cm³/mol. The molecule has 0 N–H and O–H groups in total. The van der Waals surface area contributed by atoms with Crippen LogP contribution in [0.3, 0.4) is 0 Å². The summed E-state index contributed by atoms with van der Waals surface area (Å²) < 4.78 is 74.2. The molecule has 3 fully saturated rings. The zero-order chi connectivity index (χ0) is 27.9. The molecule has 4 aliphatic rings. The van der Waals surface area contributed by atoms with Crippen LogP contribution in [0.5, 0.6) is 5.75 Å². The normalized spacial score (nSPS) is 20.9. The van der Waals surface area contributed by atoms with E-state index in [9.17, 15) is 22.0 Å². The number of fused-ring (bicyclic) bond motifs is 3. The van der Waals surface area contributed by atoms with Crippen molar-refractivity contribution in [3.05, 3.63) is 58.8 Å². The highest BCUT2D eigenvalue weighted by Gasteiger charge is 2.55. The van der Waals surface area contributed by atoms with E-state index in [0.29, 0.717) is 43.3 Å². The van der Waals surface area contributed by atoms with Crippen LogP contribution >= 0.6 is 11.6 Å². The lowest BCUT2D eigenvalue weighted by molar-refractivity contribution is -0.274. The van der Waals surface area contributed by atoms with Crippen LogP contribution in [0.1, 0.15) is 48.8 Å². The Morgan fingerprint density at radius 3 is 2.52 bits per heavy atom. The van der Waals surface area contributed by atoms with Crippen LogP contribution in [0.4, 0.5) is 27.8 Å². The molecule has 2 saturated carbocycles. The fourth-order valence-electron chi connectivity index (χ4n) is 6.56. The van der Waals surface area contributed by atoms with Gasteiger partial charge in [0.1, 0.15) is 5.82 Å². The Bertz CT molecular complexity index is 1440. The lowest BCUT2D eigenvalue weighted by Gasteiger charge is -2.59. The third kappa shape index (κ3) is 4.68. The quantitative estimate of drug-likeness (QED) is 0.336. The molecule has 0 radical (unpaired) electrons. The smallest absolute Gasteiger partial charge is 0.402 e. The fourth-order valence-corrected chi connectivity index (χ4v) is 6.76. The van der Waals surface area contributed by atoms with Crippen LogP contribution in [0.25, 0.3) is 5.69 Å². The molecule has 40 heavy (non-hydrogen) atoms. The number of halogens is 6.